The van der Waals surface area contributed by atoms with Crippen LogP contribution in [0, 0.1) is 10.1 Å². The van der Waals surface area contributed by atoms with Crippen LogP contribution in [0.25, 0.3) is 10.9 Å². The first-order chi connectivity index (χ1) is 14.8. The fraction of sp³-hybridized carbons (Fsp3) is 0.200. The van der Waals surface area contributed by atoms with E-state index in [9.17, 15) is 19.7 Å². The molecule has 4 rings (SSSR count). The average molecular weight is 419 g/mol. The number of hydrogen-bond acceptors (Lipinski definition) is 8. The maximum atomic E-state index is 13.0. The van der Waals surface area contributed by atoms with Crippen LogP contribution in [0.1, 0.15) is 42.0 Å². The molecule has 0 aliphatic carbocycles. The number of amides is 1. The molecule has 11 heteroatoms. The summed E-state index contributed by atoms with van der Waals surface area (Å²) in [4.78, 5) is 36.5. The van der Waals surface area contributed by atoms with Crippen LogP contribution in [0.15, 0.2) is 74.0 Å². The molecular formula is C20H17N7O4. The Hall–Kier alpha value is -4.28. The molecule has 3 aromatic rings. The molecule has 0 spiro atoms. The molecule has 0 bridgehead atoms. The molecule has 2 heterocycles. The molecule has 1 aromatic heterocycles. The van der Waals surface area contributed by atoms with Gasteiger partial charge in [-0.05, 0) is 48.6 Å². The molecule has 0 fully saturated rings. The Bertz CT molecular complexity index is 1300. The first kappa shape index (κ1) is 20.0. The Balaban J connectivity index is 1.70. The number of nitrogens with one attached hydrogen (secondary N) is 1. The van der Waals surface area contributed by atoms with Crippen molar-refractivity contribution in [1.82, 2.24) is 4.57 Å². The molecule has 11 nitrogen and oxygen atoms in total. The number of rotatable bonds is 5. The second kappa shape index (κ2) is 7.86. The highest BCUT2D eigenvalue weighted by molar-refractivity contribution is 6.06. The second-order valence-electron chi connectivity index (χ2n) is 7.19. The van der Waals surface area contributed by atoms with E-state index in [1.54, 1.807) is 38.1 Å². The molecule has 0 atom stereocenters. The van der Waals surface area contributed by atoms with Crippen molar-refractivity contribution < 1.29 is 9.72 Å². The number of nitro groups is 1. The zero-order valence-corrected chi connectivity index (χ0v) is 16.6. The van der Waals surface area contributed by atoms with E-state index in [4.69, 9.17) is 0 Å². The van der Waals surface area contributed by atoms with Gasteiger partial charge in [0.05, 0.1) is 10.4 Å². The highest BCUT2D eigenvalue weighted by atomic mass is 16.6. The number of benzene rings is 2. The molecular weight excluding hydrogens is 402 g/mol. The zero-order valence-electron chi connectivity index (χ0n) is 16.6. The van der Waals surface area contributed by atoms with Crippen LogP contribution >= 0.6 is 0 Å². The molecule has 0 saturated carbocycles. The number of pyridine rings is 1. The summed E-state index contributed by atoms with van der Waals surface area (Å²) < 4.78 is 1.45. The molecule has 2 aromatic carbocycles. The Kier molecular flexibility index (Phi) is 5.07. The van der Waals surface area contributed by atoms with E-state index in [0.29, 0.717) is 16.6 Å². The highest BCUT2D eigenvalue weighted by Gasteiger charge is 2.19. The molecule has 156 valence electrons. The van der Waals surface area contributed by atoms with E-state index in [0.717, 1.165) is 5.56 Å². The van der Waals surface area contributed by atoms with Crippen LogP contribution in [-0.2, 0) is 0 Å². The largest absolute Gasteiger partial charge is 0.322 e. The summed E-state index contributed by atoms with van der Waals surface area (Å²) in [6.07, 6.45) is -0.501. The number of hydrogen-bond donors (Lipinski definition) is 1. The number of anilines is 1. The van der Waals surface area contributed by atoms with Crippen molar-refractivity contribution in [3.63, 3.8) is 0 Å². The summed E-state index contributed by atoms with van der Waals surface area (Å²) in [5.41, 5.74) is 1.04. The number of aromatic nitrogens is 1. The third-order valence-electron chi connectivity index (χ3n) is 4.82. The Morgan fingerprint density at radius 3 is 2.39 bits per heavy atom. The van der Waals surface area contributed by atoms with E-state index in [1.807, 2.05) is 0 Å². The third-order valence-corrected chi connectivity index (χ3v) is 4.82. The summed E-state index contributed by atoms with van der Waals surface area (Å²) in [5, 5.41) is 28.9. The average Bonchev–Trinajstić information content (AvgIpc) is 3.28. The molecule has 0 radical (unpaired) electrons. The van der Waals surface area contributed by atoms with Crippen molar-refractivity contribution in [3.05, 3.63) is 80.1 Å². The second-order valence-corrected chi connectivity index (χ2v) is 7.19. The summed E-state index contributed by atoms with van der Waals surface area (Å²) in [6, 6.07) is 12.1. The van der Waals surface area contributed by atoms with Gasteiger partial charge in [-0.15, -0.1) is 10.2 Å². The number of carbonyl (C=O) groups excluding carboxylic acids is 1. The van der Waals surface area contributed by atoms with Gasteiger partial charge in [0.1, 0.15) is 5.56 Å². The van der Waals surface area contributed by atoms with Crippen LogP contribution < -0.4 is 10.9 Å². The molecule has 1 aliphatic rings. The maximum Gasteiger partial charge on any atom is 0.270 e. The molecule has 0 saturated heterocycles. The third kappa shape index (κ3) is 3.80. The first-order valence-electron chi connectivity index (χ1n) is 9.40. The smallest absolute Gasteiger partial charge is 0.270 e. The predicted molar refractivity (Wildman–Crippen MR) is 112 cm³/mol. The highest BCUT2D eigenvalue weighted by Crippen LogP contribution is 2.26. The fourth-order valence-electron chi connectivity index (χ4n) is 3.36. The first-order valence-corrected chi connectivity index (χ1v) is 9.40. The van der Waals surface area contributed by atoms with Crippen LogP contribution in [-0.4, -0.2) is 15.4 Å². The van der Waals surface area contributed by atoms with Crippen molar-refractivity contribution in [2.24, 2.45) is 20.7 Å². The van der Waals surface area contributed by atoms with Gasteiger partial charge in [0.15, 0.2) is 0 Å². The summed E-state index contributed by atoms with van der Waals surface area (Å²) in [6.45, 7) is 3.61. The summed E-state index contributed by atoms with van der Waals surface area (Å²) in [5.74, 6) is -0.610. The van der Waals surface area contributed by atoms with E-state index in [-0.39, 0.29) is 17.3 Å². The van der Waals surface area contributed by atoms with Crippen LogP contribution in [0.3, 0.4) is 0 Å². The lowest BCUT2D eigenvalue weighted by molar-refractivity contribution is -0.384. The maximum absolute atomic E-state index is 13.0. The van der Waals surface area contributed by atoms with Crippen molar-refractivity contribution in [3.8, 4) is 0 Å². The lowest BCUT2D eigenvalue weighted by Gasteiger charge is -2.16. The van der Waals surface area contributed by atoms with Gasteiger partial charge in [0, 0.05) is 34.8 Å². The van der Waals surface area contributed by atoms with Crippen LogP contribution in [0.5, 0.6) is 0 Å². The molecule has 0 unspecified atom stereocenters. The van der Waals surface area contributed by atoms with Gasteiger partial charge in [-0.25, -0.2) is 0 Å². The quantitative estimate of drug-likeness (QED) is 0.477. The standard InChI is InChI=1S/C20H17N7O4/c1-11(2)26-17-8-7-15(27(30)31)9-13(17)10-16(20(26)29)19(28)21-14-5-3-12(4-6-14)18-22-24-25-23-18/h3-11,18H,1-2H3,(H,21,28). The van der Waals surface area contributed by atoms with Crippen molar-refractivity contribution >= 4 is 28.2 Å². The number of carbonyl (C=O) groups is 1. The van der Waals surface area contributed by atoms with Gasteiger partial charge in [-0.1, -0.05) is 12.1 Å². The summed E-state index contributed by atoms with van der Waals surface area (Å²) >= 11 is 0. The van der Waals surface area contributed by atoms with Crippen molar-refractivity contribution in [2.75, 3.05) is 5.32 Å². The Labute approximate surface area is 175 Å². The van der Waals surface area contributed by atoms with Gasteiger partial charge >= 0.3 is 0 Å². The minimum Gasteiger partial charge on any atom is -0.322 e. The van der Waals surface area contributed by atoms with Crippen LogP contribution in [0.2, 0.25) is 0 Å². The minimum atomic E-state index is -0.610. The lowest BCUT2D eigenvalue weighted by Crippen LogP contribution is -2.30. The van der Waals surface area contributed by atoms with E-state index in [2.05, 4.69) is 26.0 Å². The zero-order chi connectivity index (χ0) is 22.1. The van der Waals surface area contributed by atoms with E-state index >= 15 is 0 Å². The van der Waals surface area contributed by atoms with Gasteiger partial charge in [0.2, 0.25) is 6.17 Å². The van der Waals surface area contributed by atoms with Gasteiger partial charge in [-0.3, -0.25) is 19.7 Å². The number of nitrogens with zero attached hydrogens (tertiary/aromatic N) is 6. The number of nitro benzene ring substituents is 1. The van der Waals surface area contributed by atoms with Crippen molar-refractivity contribution in [2.45, 2.75) is 26.1 Å². The Morgan fingerprint density at radius 1 is 1.10 bits per heavy atom. The summed E-state index contributed by atoms with van der Waals surface area (Å²) in [7, 11) is 0. The number of fused-ring (bicyclic) bond motifs is 1. The van der Waals surface area contributed by atoms with Gasteiger partial charge < -0.3 is 9.88 Å². The van der Waals surface area contributed by atoms with Crippen molar-refractivity contribution in [1.29, 1.82) is 0 Å². The SMILES string of the molecule is CC(C)n1c(=O)c(C(=O)Nc2ccc(C3N=NN=N3)cc2)cc2cc([N+](=O)[O-])ccc21. The lowest BCUT2D eigenvalue weighted by atomic mass is 10.1. The normalized spacial score (nSPS) is 13.3. The van der Waals surface area contributed by atoms with Gasteiger partial charge in [-0.2, -0.15) is 0 Å². The fourth-order valence-corrected chi connectivity index (χ4v) is 3.36. The van der Waals surface area contributed by atoms with Gasteiger partial charge in [0.25, 0.3) is 17.2 Å². The predicted octanol–water partition coefficient (Wildman–Crippen LogP) is 4.57. The molecule has 1 N–H and O–H groups in total. The number of non-ortho nitro benzene ring substituents is 1. The molecule has 1 aliphatic heterocycles. The Morgan fingerprint density at radius 2 is 1.77 bits per heavy atom. The van der Waals surface area contributed by atoms with E-state index < -0.39 is 22.6 Å². The topological polar surface area (TPSA) is 144 Å². The molecule has 1 amide bonds. The monoisotopic (exact) mass is 419 g/mol. The van der Waals surface area contributed by atoms with E-state index in [1.165, 1.54) is 28.8 Å². The minimum absolute atomic E-state index is 0.107. The van der Waals surface area contributed by atoms with Crippen LogP contribution in [0.4, 0.5) is 11.4 Å². The molecule has 31 heavy (non-hydrogen) atoms.